The Balaban J connectivity index is 0.000000658. The number of anilines is 2. The van der Waals surface area contributed by atoms with Crippen molar-refractivity contribution in [3.63, 3.8) is 0 Å². The van der Waals surface area contributed by atoms with Crippen LogP contribution in [0, 0.1) is 5.92 Å². The normalized spacial score (nSPS) is 12.0. The SMILES string of the molecule is C=C(/N=C(/Nc1ccc2cccc(Cl)c2c1)C(C)CC)Nc1cccc2ccccc12.C=C(C)CC. The van der Waals surface area contributed by atoms with Crippen LogP contribution in [0.1, 0.15) is 40.5 Å². The molecule has 0 aromatic heterocycles. The Morgan fingerprint density at radius 2 is 1.50 bits per heavy atom. The van der Waals surface area contributed by atoms with Crippen molar-refractivity contribution in [3.05, 3.63) is 108 Å². The summed E-state index contributed by atoms with van der Waals surface area (Å²) in [6, 6.07) is 26.6. The van der Waals surface area contributed by atoms with Crippen LogP contribution in [-0.2, 0) is 0 Å². The van der Waals surface area contributed by atoms with Crippen LogP contribution in [-0.4, -0.2) is 5.84 Å². The molecule has 1 atom stereocenters. The van der Waals surface area contributed by atoms with Gasteiger partial charge in [0.1, 0.15) is 11.7 Å². The van der Waals surface area contributed by atoms with Gasteiger partial charge in [-0.05, 0) is 54.8 Å². The molecule has 0 spiro atoms. The third-order valence-corrected chi connectivity index (χ3v) is 6.44. The highest BCUT2D eigenvalue weighted by Gasteiger charge is 2.11. The minimum absolute atomic E-state index is 0.244. The lowest BCUT2D eigenvalue weighted by molar-refractivity contribution is 0.736. The van der Waals surface area contributed by atoms with Crippen LogP contribution >= 0.6 is 11.6 Å². The van der Waals surface area contributed by atoms with E-state index in [1.807, 2.05) is 43.3 Å². The number of allylic oxidation sites excluding steroid dienone is 1. The molecule has 3 nitrogen and oxygen atoms in total. The topological polar surface area (TPSA) is 36.4 Å². The summed E-state index contributed by atoms with van der Waals surface area (Å²) in [5, 5.41) is 12.1. The third kappa shape index (κ3) is 7.22. The summed E-state index contributed by atoms with van der Waals surface area (Å²) in [5.74, 6) is 1.71. The Morgan fingerprint density at radius 3 is 2.19 bits per heavy atom. The first kappa shape index (κ1) is 27.0. The smallest absolute Gasteiger partial charge is 0.125 e. The first-order valence-corrected chi connectivity index (χ1v) is 12.8. The zero-order chi connectivity index (χ0) is 26.1. The molecule has 0 amide bonds. The molecule has 4 aromatic carbocycles. The van der Waals surface area contributed by atoms with Gasteiger partial charge in [-0.15, -0.1) is 6.58 Å². The molecule has 36 heavy (non-hydrogen) atoms. The average molecular weight is 498 g/mol. The van der Waals surface area contributed by atoms with E-state index in [0.717, 1.165) is 51.2 Å². The number of rotatable bonds is 7. The fourth-order valence-corrected chi connectivity index (χ4v) is 3.81. The van der Waals surface area contributed by atoms with Gasteiger partial charge in [-0.2, -0.15) is 0 Å². The van der Waals surface area contributed by atoms with Crippen molar-refractivity contribution < 1.29 is 0 Å². The van der Waals surface area contributed by atoms with Crippen LogP contribution in [0.25, 0.3) is 21.5 Å². The number of hydrogen-bond acceptors (Lipinski definition) is 2. The van der Waals surface area contributed by atoms with Crippen LogP contribution in [0.5, 0.6) is 0 Å². The minimum atomic E-state index is 0.244. The number of hydrogen-bond donors (Lipinski definition) is 2. The zero-order valence-electron chi connectivity index (χ0n) is 21.7. The molecular formula is C32H36ClN3. The van der Waals surface area contributed by atoms with E-state index in [-0.39, 0.29) is 5.92 Å². The first-order valence-electron chi connectivity index (χ1n) is 12.4. The standard InChI is InChI=1S/C27H26ClN3.C5H10/c1-4-18(2)27(31-22-16-15-21-10-7-13-25(28)24(21)17-22)30-19(3)29-26-14-8-11-20-9-5-6-12-23(20)26;1-4-5(2)3/h5-18,29H,3-4H2,1-2H3,(H,30,31);2,4H2,1,3H3. The molecule has 4 rings (SSSR count). The highest BCUT2D eigenvalue weighted by atomic mass is 35.5. The maximum Gasteiger partial charge on any atom is 0.125 e. The molecule has 0 bridgehead atoms. The second kappa shape index (κ2) is 12.9. The molecule has 0 radical (unpaired) electrons. The van der Waals surface area contributed by atoms with E-state index < -0.39 is 0 Å². The van der Waals surface area contributed by atoms with Gasteiger partial charge >= 0.3 is 0 Å². The van der Waals surface area contributed by atoms with Crippen molar-refractivity contribution in [1.82, 2.24) is 0 Å². The van der Waals surface area contributed by atoms with Crippen molar-refractivity contribution in [1.29, 1.82) is 0 Å². The Kier molecular flexibility index (Phi) is 9.72. The monoisotopic (exact) mass is 497 g/mol. The van der Waals surface area contributed by atoms with Crippen molar-refractivity contribution in [2.45, 2.75) is 40.5 Å². The summed E-state index contributed by atoms with van der Waals surface area (Å²) in [4.78, 5) is 4.81. The molecule has 0 aliphatic carbocycles. The summed E-state index contributed by atoms with van der Waals surface area (Å²) in [5.41, 5.74) is 3.20. The van der Waals surface area contributed by atoms with Gasteiger partial charge in [0, 0.05) is 33.1 Å². The molecule has 186 valence electrons. The van der Waals surface area contributed by atoms with E-state index in [0.29, 0.717) is 5.82 Å². The van der Waals surface area contributed by atoms with Crippen molar-refractivity contribution in [2.24, 2.45) is 10.9 Å². The van der Waals surface area contributed by atoms with Gasteiger partial charge in [0.2, 0.25) is 0 Å². The van der Waals surface area contributed by atoms with Crippen molar-refractivity contribution >= 4 is 50.4 Å². The predicted octanol–water partition coefficient (Wildman–Crippen LogP) is 10.1. The van der Waals surface area contributed by atoms with Gasteiger partial charge in [-0.25, -0.2) is 4.99 Å². The van der Waals surface area contributed by atoms with Crippen LogP contribution < -0.4 is 10.6 Å². The summed E-state index contributed by atoms with van der Waals surface area (Å²) in [7, 11) is 0. The van der Waals surface area contributed by atoms with Crippen LogP contribution in [0.4, 0.5) is 11.4 Å². The molecule has 4 aromatic rings. The number of nitrogens with zero attached hydrogens (tertiary/aromatic N) is 1. The minimum Gasteiger partial charge on any atom is -0.343 e. The van der Waals surface area contributed by atoms with Gasteiger partial charge in [0.15, 0.2) is 0 Å². The number of fused-ring (bicyclic) bond motifs is 2. The molecule has 0 saturated carbocycles. The Bertz CT molecular complexity index is 1380. The number of aliphatic imine (C=N–C) groups is 1. The Morgan fingerprint density at radius 1 is 0.861 bits per heavy atom. The van der Waals surface area contributed by atoms with Gasteiger partial charge in [-0.1, -0.05) is 99.1 Å². The quantitative estimate of drug-likeness (QED) is 0.151. The number of halogens is 1. The highest BCUT2D eigenvalue weighted by molar-refractivity contribution is 6.35. The summed E-state index contributed by atoms with van der Waals surface area (Å²) < 4.78 is 0. The van der Waals surface area contributed by atoms with E-state index in [2.05, 4.69) is 87.0 Å². The average Bonchev–Trinajstić information content (AvgIpc) is 2.89. The van der Waals surface area contributed by atoms with E-state index in [1.165, 1.54) is 11.0 Å². The second-order valence-electron chi connectivity index (χ2n) is 9.02. The van der Waals surface area contributed by atoms with E-state index in [1.54, 1.807) is 0 Å². The molecule has 0 aliphatic rings. The van der Waals surface area contributed by atoms with Crippen LogP contribution in [0.3, 0.4) is 0 Å². The van der Waals surface area contributed by atoms with Crippen molar-refractivity contribution in [2.75, 3.05) is 10.6 Å². The van der Waals surface area contributed by atoms with Gasteiger partial charge in [-0.3, -0.25) is 0 Å². The molecule has 4 heteroatoms. The van der Waals surface area contributed by atoms with Gasteiger partial charge in [0.05, 0.1) is 0 Å². The Hall–Kier alpha value is -3.56. The lowest BCUT2D eigenvalue weighted by Gasteiger charge is -2.17. The lowest BCUT2D eigenvalue weighted by atomic mass is 10.1. The highest BCUT2D eigenvalue weighted by Crippen LogP contribution is 2.27. The number of benzene rings is 4. The maximum absolute atomic E-state index is 6.40. The molecule has 1 unspecified atom stereocenters. The summed E-state index contributed by atoms with van der Waals surface area (Å²) in [6.45, 7) is 16.3. The molecule has 2 N–H and O–H groups in total. The van der Waals surface area contributed by atoms with E-state index >= 15 is 0 Å². The molecule has 0 saturated heterocycles. The zero-order valence-corrected chi connectivity index (χ0v) is 22.5. The van der Waals surface area contributed by atoms with Crippen LogP contribution in [0.15, 0.2) is 108 Å². The fraction of sp³-hybridized carbons (Fsp3) is 0.219. The fourth-order valence-electron chi connectivity index (χ4n) is 3.58. The Labute approximate surface area is 220 Å². The number of amidine groups is 1. The summed E-state index contributed by atoms with van der Waals surface area (Å²) >= 11 is 6.40. The summed E-state index contributed by atoms with van der Waals surface area (Å²) in [6.07, 6.45) is 2.07. The van der Waals surface area contributed by atoms with Crippen molar-refractivity contribution in [3.8, 4) is 0 Å². The van der Waals surface area contributed by atoms with Crippen LogP contribution in [0.2, 0.25) is 5.02 Å². The third-order valence-electron chi connectivity index (χ3n) is 6.11. The number of nitrogens with one attached hydrogen (secondary N) is 2. The predicted molar refractivity (Wildman–Crippen MR) is 161 cm³/mol. The van der Waals surface area contributed by atoms with E-state index in [4.69, 9.17) is 16.6 Å². The van der Waals surface area contributed by atoms with E-state index in [9.17, 15) is 0 Å². The largest absolute Gasteiger partial charge is 0.343 e. The maximum atomic E-state index is 6.40. The van der Waals surface area contributed by atoms with Gasteiger partial charge in [0.25, 0.3) is 0 Å². The molecule has 0 heterocycles. The van der Waals surface area contributed by atoms with Gasteiger partial charge < -0.3 is 10.6 Å². The molecule has 0 aliphatic heterocycles. The lowest BCUT2D eigenvalue weighted by Crippen LogP contribution is -2.21. The second-order valence-corrected chi connectivity index (χ2v) is 9.42. The molecular weight excluding hydrogens is 462 g/mol. The molecule has 0 fully saturated rings. The first-order chi connectivity index (χ1) is 17.3.